The lowest BCUT2D eigenvalue weighted by Gasteiger charge is -2.32. The first-order chi connectivity index (χ1) is 12.3. The molecular weight excluding hydrogens is 344 g/mol. The molecule has 1 heterocycles. The van der Waals surface area contributed by atoms with E-state index in [0.29, 0.717) is 6.61 Å². The minimum atomic E-state index is -1.43. The van der Waals surface area contributed by atoms with Crippen LogP contribution in [0.15, 0.2) is 36.4 Å². The van der Waals surface area contributed by atoms with Crippen LogP contribution in [0.2, 0.25) is 19.6 Å². The van der Waals surface area contributed by atoms with Crippen molar-refractivity contribution in [3.63, 3.8) is 0 Å². The second-order valence-corrected chi connectivity index (χ2v) is 12.4. The molecular formula is C21H30O4Si. The number of hydrogen-bond acceptors (Lipinski definition) is 4. The highest BCUT2D eigenvalue weighted by atomic mass is 28.3. The predicted molar refractivity (Wildman–Crippen MR) is 107 cm³/mol. The summed E-state index contributed by atoms with van der Waals surface area (Å²) in [6, 6.07) is 7.68. The van der Waals surface area contributed by atoms with Gasteiger partial charge >= 0.3 is 0 Å². The van der Waals surface area contributed by atoms with Crippen molar-refractivity contribution in [2.45, 2.75) is 57.4 Å². The van der Waals surface area contributed by atoms with Crippen LogP contribution in [0.25, 0.3) is 0 Å². The van der Waals surface area contributed by atoms with Crippen molar-refractivity contribution in [2.75, 3.05) is 13.7 Å². The Hall–Kier alpha value is -1.58. The molecule has 142 valence electrons. The first-order valence-corrected chi connectivity index (χ1v) is 12.5. The Morgan fingerprint density at radius 2 is 2.00 bits per heavy atom. The van der Waals surface area contributed by atoms with Crippen LogP contribution in [0.1, 0.15) is 18.4 Å². The molecule has 0 radical (unpaired) electrons. The highest BCUT2D eigenvalue weighted by Gasteiger charge is 2.30. The van der Waals surface area contributed by atoms with Gasteiger partial charge in [-0.25, -0.2) is 0 Å². The molecule has 1 aromatic rings. The van der Waals surface area contributed by atoms with E-state index in [1.807, 2.05) is 24.3 Å². The van der Waals surface area contributed by atoms with Crippen molar-refractivity contribution < 1.29 is 19.3 Å². The molecule has 1 fully saturated rings. The van der Waals surface area contributed by atoms with Gasteiger partial charge < -0.3 is 19.3 Å². The zero-order chi connectivity index (χ0) is 19.2. The van der Waals surface area contributed by atoms with E-state index in [-0.39, 0.29) is 12.7 Å². The Kier molecular flexibility index (Phi) is 7.48. The lowest BCUT2D eigenvalue weighted by Crippen LogP contribution is -2.40. The van der Waals surface area contributed by atoms with E-state index in [4.69, 9.17) is 14.2 Å². The molecule has 0 aliphatic carbocycles. The fourth-order valence-corrected chi connectivity index (χ4v) is 3.27. The number of benzene rings is 1. The van der Waals surface area contributed by atoms with Gasteiger partial charge in [0.25, 0.3) is 0 Å². The van der Waals surface area contributed by atoms with Gasteiger partial charge in [-0.15, -0.1) is 5.54 Å². The summed E-state index contributed by atoms with van der Waals surface area (Å²) in [7, 11) is 0.207. The third-order valence-electron chi connectivity index (χ3n) is 4.11. The van der Waals surface area contributed by atoms with Crippen LogP contribution < -0.4 is 4.74 Å². The molecule has 0 amide bonds. The fourth-order valence-electron chi connectivity index (χ4n) is 2.67. The molecule has 5 heteroatoms. The van der Waals surface area contributed by atoms with E-state index in [1.54, 1.807) is 7.11 Å². The molecule has 0 aromatic heterocycles. The second kappa shape index (κ2) is 9.38. The van der Waals surface area contributed by atoms with E-state index in [9.17, 15) is 5.11 Å². The molecule has 0 unspecified atom stereocenters. The molecule has 1 saturated heterocycles. The topological polar surface area (TPSA) is 47.9 Å². The fraction of sp³-hybridized carbons (Fsp3) is 0.524. The predicted octanol–water partition coefficient (Wildman–Crippen LogP) is 3.56. The van der Waals surface area contributed by atoms with Crippen molar-refractivity contribution in [3.05, 3.63) is 42.0 Å². The monoisotopic (exact) mass is 374 g/mol. The summed E-state index contributed by atoms with van der Waals surface area (Å²) < 4.78 is 16.8. The molecule has 1 N–H and O–H groups in total. The van der Waals surface area contributed by atoms with E-state index < -0.39 is 20.3 Å². The molecule has 3 atom stereocenters. The molecule has 1 aliphatic rings. The number of aliphatic hydroxyl groups is 1. The third-order valence-corrected chi connectivity index (χ3v) is 5.01. The standard InChI is InChI=1S/C21H30O4Si/c1-16-6-9-19(12-13-26(3,4)5)25-21(16)20(22)15-24-14-17-7-10-18(23-2)11-8-17/h7-8,10-11,19-22H,1,6,9,14-15H2,2-5H3/t19-,20+,21+/m1/s1. The van der Waals surface area contributed by atoms with Gasteiger partial charge in [0.15, 0.2) is 0 Å². The number of hydrogen-bond donors (Lipinski definition) is 1. The maximum atomic E-state index is 10.5. The number of aliphatic hydroxyl groups excluding tert-OH is 1. The molecule has 0 bridgehead atoms. The van der Waals surface area contributed by atoms with E-state index in [2.05, 4.69) is 37.7 Å². The largest absolute Gasteiger partial charge is 0.497 e. The van der Waals surface area contributed by atoms with Gasteiger partial charge in [-0.2, -0.15) is 0 Å². The molecule has 1 aliphatic heterocycles. The zero-order valence-corrected chi connectivity index (χ0v) is 17.2. The maximum Gasteiger partial charge on any atom is 0.129 e. The van der Waals surface area contributed by atoms with Crippen molar-refractivity contribution in [2.24, 2.45) is 0 Å². The average molecular weight is 375 g/mol. The normalized spacial score (nSPS) is 21.7. The summed E-state index contributed by atoms with van der Waals surface area (Å²) in [6.45, 7) is 11.3. The molecule has 0 saturated carbocycles. The molecule has 2 rings (SSSR count). The Morgan fingerprint density at radius 3 is 2.62 bits per heavy atom. The minimum absolute atomic E-state index is 0.131. The van der Waals surface area contributed by atoms with Gasteiger partial charge in [-0.1, -0.05) is 44.3 Å². The van der Waals surface area contributed by atoms with Crippen LogP contribution >= 0.6 is 0 Å². The lowest BCUT2D eigenvalue weighted by atomic mass is 9.96. The van der Waals surface area contributed by atoms with Crippen LogP contribution in [0, 0.1) is 11.5 Å². The van der Waals surface area contributed by atoms with Gasteiger partial charge in [0, 0.05) is 0 Å². The van der Waals surface area contributed by atoms with E-state index in [0.717, 1.165) is 29.7 Å². The SMILES string of the molecule is C=C1CC[C@H](C#C[Si](C)(C)C)O[C@@H]1[C@@H](O)COCc1ccc(OC)cc1. The highest BCUT2D eigenvalue weighted by molar-refractivity contribution is 6.83. The minimum Gasteiger partial charge on any atom is -0.497 e. The van der Waals surface area contributed by atoms with Crippen molar-refractivity contribution in [1.82, 2.24) is 0 Å². The molecule has 4 nitrogen and oxygen atoms in total. The summed E-state index contributed by atoms with van der Waals surface area (Å²) >= 11 is 0. The van der Waals surface area contributed by atoms with Crippen LogP contribution in [0.5, 0.6) is 5.75 Å². The van der Waals surface area contributed by atoms with Crippen LogP contribution in [0.4, 0.5) is 0 Å². The Balaban J connectivity index is 1.84. The van der Waals surface area contributed by atoms with Gasteiger partial charge in [0.2, 0.25) is 0 Å². The Bertz CT molecular complexity index is 651. The summed E-state index contributed by atoms with van der Waals surface area (Å²) in [4.78, 5) is 0. The molecule has 0 spiro atoms. The number of methoxy groups -OCH3 is 1. The molecule has 1 aromatic carbocycles. The Morgan fingerprint density at radius 1 is 1.31 bits per heavy atom. The summed E-state index contributed by atoms with van der Waals surface area (Å²) in [5.74, 6) is 4.06. The van der Waals surface area contributed by atoms with E-state index in [1.165, 1.54) is 0 Å². The smallest absolute Gasteiger partial charge is 0.129 e. The Labute approximate surface area is 158 Å². The first kappa shape index (κ1) is 20.7. The van der Waals surface area contributed by atoms with E-state index >= 15 is 0 Å². The second-order valence-electron chi connectivity index (χ2n) is 7.69. The van der Waals surface area contributed by atoms with Crippen molar-refractivity contribution >= 4 is 8.07 Å². The maximum absolute atomic E-state index is 10.5. The van der Waals surface area contributed by atoms with Crippen LogP contribution in [-0.2, 0) is 16.1 Å². The van der Waals surface area contributed by atoms with Gasteiger partial charge in [0.1, 0.15) is 32.1 Å². The third kappa shape index (κ3) is 6.62. The average Bonchev–Trinajstić information content (AvgIpc) is 2.60. The summed E-state index contributed by atoms with van der Waals surface area (Å²) in [6.07, 6.45) is 0.378. The van der Waals surface area contributed by atoms with Crippen molar-refractivity contribution in [1.29, 1.82) is 0 Å². The van der Waals surface area contributed by atoms with Crippen LogP contribution in [0.3, 0.4) is 0 Å². The number of ether oxygens (including phenoxy) is 3. The van der Waals surface area contributed by atoms with Crippen molar-refractivity contribution in [3.8, 4) is 17.2 Å². The van der Waals surface area contributed by atoms with Gasteiger partial charge in [0.05, 0.1) is 20.3 Å². The number of rotatable bonds is 6. The quantitative estimate of drug-likeness (QED) is 0.470. The summed E-state index contributed by atoms with van der Waals surface area (Å²) in [5.41, 5.74) is 5.29. The summed E-state index contributed by atoms with van der Waals surface area (Å²) in [5, 5.41) is 10.5. The molecule has 26 heavy (non-hydrogen) atoms. The zero-order valence-electron chi connectivity index (χ0n) is 16.2. The van der Waals surface area contributed by atoms with Gasteiger partial charge in [-0.3, -0.25) is 0 Å². The lowest BCUT2D eigenvalue weighted by molar-refractivity contribution is -0.0858. The van der Waals surface area contributed by atoms with Gasteiger partial charge in [-0.05, 0) is 36.1 Å². The first-order valence-electron chi connectivity index (χ1n) is 9.03. The highest BCUT2D eigenvalue weighted by Crippen LogP contribution is 2.25. The van der Waals surface area contributed by atoms with Crippen LogP contribution in [-0.4, -0.2) is 45.2 Å².